The Balaban J connectivity index is 1.82. The van der Waals surface area contributed by atoms with E-state index in [0.717, 1.165) is 17.4 Å². The number of hydrogen-bond acceptors (Lipinski definition) is 6. The van der Waals surface area contributed by atoms with Gasteiger partial charge in [-0.25, -0.2) is 8.78 Å². The highest BCUT2D eigenvalue weighted by molar-refractivity contribution is 7.16. The highest BCUT2D eigenvalue weighted by Crippen LogP contribution is 2.31. The molecule has 0 unspecified atom stereocenters. The fourth-order valence-corrected chi connectivity index (χ4v) is 3.95. The summed E-state index contributed by atoms with van der Waals surface area (Å²) in [4.78, 5) is 28.5. The second-order valence-electron chi connectivity index (χ2n) is 6.06. The van der Waals surface area contributed by atoms with Gasteiger partial charge in [-0.3, -0.25) is 9.59 Å². The maximum Gasteiger partial charge on any atom is 0.325 e. The summed E-state index contributed by atoms with van der Waals surface area (Å²) in [5, 5.41) is 0. The van der Waals surface area contributed by atoms with Crippen LogP contribution in [0.2, 0.25) is 0 Å². The molecular weight excluding hydrogens is 406 g/mol. The molecule has 29 heavy (non-hydrogen) atoms. The van der Waals surface area contributed by atoms with Crippen molar-refractivity contribution in [3.05, 3.63) is 52.3 Å². The quantitative estimate of drug-likeness (QED) is 0.609. The van der Waals surface area contributed by atoms with Gasteiger partial charge in [-0.2, -0.15) is 4.99 Å². The lowest BCUT2D eigenvalue weighted by Crippen LogP contribution is -2.23. The number of benzene rings is 2. The minimum absolute atomic E-state index is 0.0319. The summed E-state index contributed by atoms with van der Waals surface area (Å²) >= 11 is 0.888. The van der Waals surface area contributed by atoms with Gasteiger partial charge in [-0.1, -0.05) is 11.3 Å². The number of carbonyl (C=O) groups excluding carboxylic acids is 2. The van der Waals surface area contributed by atoms with Gasteiger partial charge in [-0.05, 0) is 24.3 Å². The summed E-state index contributed by atoms with van der Waals surface area (Å²) in [7, 11) is 1.19. The molecule has 0 fully saturated rings. The molecule has 3 aromatic rings. The highest BCUT2D eigenvalue weighted by Gasteiger charge is 2.18. The van der Waals surface area contributed by atoms with Crippen molar-refractivity contribution in [1.82, 2.24) is 4.57 Å². The van der Waals surface area contributed by atoms with Crippen LogP contribution in [0.4, 0.5) is 8.78 Å². The van der Waals surface area contributed by atoms with Crippen molar-refractivity contribution < 1.29 is 32.6 Å². The summed E-state index contributed by atoms with van der Waals surface area (Å²) in [6.45, 7) is 0.399. The Bertz CT molecular complexity index is 1200. The van der Waals surface area contributed by atoms with Crippen molar-refractivity contribution in [2.24, 2.45) is 4.99 Å². The Hall–Kier alpha value is -3.27. The fraction of sp³-hybridized carbons (Fsp3) is 0.211. The molecule has 0 bridgehead atoms. The molecule has 1 aliphatic rings. The van der Waals surface area contributed by atoms with Gasteiger partial charge in [0.25, 0.3) is 5.91 Å². The van der Waals surface area contributed by atoms with Crippen molar-refractivity contribution in [1.29, 1.82) is 0 Å². The summed E-state index contributed by atoms with van der Waals surface area (Å²) in [5.74, 6) is -1.99. The van der Waals surface area contributed by atoms with Crippen molar-refractivity contribution in [3.63, 3.8) is 0 Å². The summed E-state index contributed by atoms with van der Waals surface area (Å²) in [6.07, 6.45) is 0. The first-order chi connectivity index (χ1) is 14.0. The van der Waals surface area contributed by atoms with Gasteiger partial charge >= 0.3 is 5.97 Å². The Morgan fingerprint density at radius 2 is 1.93 bits per heavy atom. The van der Waals surface area contributed by atoms with Crippen LogP contribution < -0.4 is 14.3 Å². The predicted octanol–water partition coefficient (Wildman–Crippen LogP) is 2.67. The maximum absolute atomic E-state index is 14.4. The summed E-state index contributed by atoms with van der Waals surface area (Å²) < 4.78 is 44.9. The zero-order chi connectivity index (χ0) is 20.5. The van der Waals surface area contributed by atoms with Gasteiger partial charge in [0, 0.05) is 11.6 Å². The van der Waals surface area contributed by atoms with E-state index in [9.17, 15) is 18.4 Å². The molecular formula is C19H14F2N2O5S. The number of ether oxygens (including phenoxy) is 3. The highest BCUT2D eigenvalue weighted by atomic mass is 32.1. The molecule has 0 aliphatic carbocycles. The zero-order valence-electron chi connectivity index (χ0n) is 15.1. The minimum Gasteiger partial charge on any atom is -0.486 e. The third kappa shape index (κ3) is 3.70. The molecule has 2 heterocycles. The van der Waals surface area contributed by atoms with Crippen molar-refractivity contribution >= 4 is 33.4 Å². The molecule has 10 heteroatoms. The Morgan fingerprint density at radius 1 is 1.17 bits per heavy atom. The van der Waals surface area contributed by atoms with E-state index in [1.807, 2.05) is 0 Å². The fourth-order valence-electron chi connectivity index (χ4n) is 2.88. The number of halogens is 2. The molecule has 4 rings (SSSR count). The molecule has 0 spiro atoms. The van der Waals surface area contributed by atoms with Crippen LogP contribution in [0, 0.1) is 11.6 Å². The van der Waals surface area contributed by atoms with Crippen molar-refractivity contribution in [2.45, 2.75) is 6.54 Å². The predicted molar refractivity (Wildman–Crippen MR) is 99.1 cm³/mol. The molecule has 0 saturated carbocycles. The third-order valence-electron chi connectivity index (χ3n) is 4.20. The molecule has 0 atom stereocenters. The van der Waals surface area contributed by atoms with Crippen LogP contribution in [-0.2, 0) is 16.1 Å². The van der Waals surface area contributed by atoms with E-state index in [2.05, 4.69) is 9.73 Å². The van der Waals surface area contributed by atoms with E-state index in [0.29, 0.717) is 30.8 Å². The van der Waals surface area contributed by atoms with Crippen LogP contribution in [0.5, 0.6) is 11.5 Å². The third-order valence-corrected chi connectivity index (χ3v) is 5.22. The maximum atomic E-state index is 14.4. The average molecular weight is 420 g/mol. The largest absolute Gasteiger partial charge is 0.486 e. The molecule has 2 aromatic carbocycles. The van der Waals surface area contributed by atoms with E-state index in [1.165, 1.54) is 23.8 Å². The summed E-state index contributed by atoms with van der Waals surface area (Å²) in [6, 6.07) is 6.44. The minimum atomic E-state index is -0.867. The number of rotatable bonds is 3. The molecule has 0 N–H and O–H groups in total. The summed E-state index contributed by atoms with van der Waals surface area (Å²) in [5.41, 5.74) is 0.193. The number of esters is 1. The van der Waals surface area contributed by atoms with Gasteiger partial charge in [0.1, 0.15) is 25.6 Å². The number of hydrogen-bond donors (Lipinski definition) is 0. The molecule has 7 nitrogen and oxygen atoms in total. The second-order valence-corrected chi connectivity index (χ2v) is 7.07. The van der Waals surface area contributed by atoms with Crippen LogP contribution in [-0.4, -0.2) is 36.8 Å². The average Bonchev–Trinajstić information content (AvgIpc) is 3.04. The van der Waals surface area contributed by atoms with Gasteiger partial charge in [0.2, 0.25) is 0 Å². The van der Waals surface area contributed by atoms with Crippen LogP contribution in [0.15, 0.2) is 35.3 Å². The lowest BCUT2D eigenvalue weighted by atomic mass is 10.2. The smallest absolute Gasteiger partial charge is 0.325 e. The number of nitrogens with zero attached hydrogens (tertiary/aromatic N) is 2. The topological polar surface area (TPSA) is 79.1 Å². The van der Waals surface area contributed by atoms with Crippen LogP contribution in [0.3, 0.4) is 0 Å². The first kappa shape index (κ1) is 19.1. The standard InChI is InChI=1S/C19H14F2N2O5S/c1-26-16(24)9-23-17-12(21)7-11(20)8-15(17)29-19(23)22-18(25)10-2-3-13-14(6-10)28-5-4-27-13/h2-3,6-8H,4-5,9H2,1H3. The number of thiazole rings is 1. The van der Waals surface area contributed by atoms with Crippen molar-refractivity contribution in [2.75, 3.05) is 20.3 Å². The molecule has 1 aromatic heterocycles. The molecule has 1 aliphatic heterocycles. The molecule has 0 saturated heterocycles. The number of fused-ring (bicyclic) bond motifs is 2. The second kappa shape index (κ2) is 7.63. The van der Waals surface area contributed by atoms with E-state index >= 15 is 0 Å². The first-order valence-electron chi connectivity index (χ1n) is 8.50. The van der Waals surface area contributed by atoms with E-state index in [1.54, 1.807) is 6.07 Å². The molecule has 150 valence electrons. The monoisotopic (exact) mass is 420 g/mol. The van der Waals surface area contributed by atoms with Gasteiger partial charge in [-0.15, -0.1) is 0 Å². The van der Waals surface area contributed by atoms with Crippen LogP contribution in [0.1, 0.15) is 10.4 Å². The van der Waals surface area contributed by atoms with E-state index in [-0.39, 0.29) is 27.1 Å². The van der Waals surface area contributed by atoms with Crippen LogP contribution in [0.25, 0.3) is 10.2 Å². The van der Waals surface area contributed by atoms with Gasteiger partial charge < -0.3 is 18.8 Å². The Kier molecular flexibility index (Phi) is 5.01. The number of amides is 1. The first-order valence-corrected chi connectivity index (χ1v) is 9.32. The zero-order valence-corrected chi connectivity index (χ0v) is 15.9. The van der Waals surface area contributed by atoms with Crippen LogP contribution >= 0.6 is 11.3 Å². The van der Waals surface area contributed by atoms with E-state index < -0.39 is 23.5 Å². The SMILES string of the molecule is COC(=O)Cn1c(=NC(=O)c2ccc3c(c2)OCCO3)sc2cc(F)cc(F)c21. The lowest BCUT2D eigenvalue weighted by molar-refractivity contribution is -0.141. The lowest BCUT2D eigenvalue weighted by Gasteiger charge is -2.18. The molecule has 0 radical (unpaired) electrons. The Labute approximate surface area is 166 Å². The van der Waals surface area contributed by atoms with Gasteiger partial charge in [0.05, 0.1) is 17.3 Å². The van der Waals surface area contributed by atoms with Crippen molar-refractivity contribution in [3.8, 4) is 11.5 Å². The number of methoxy groups -OCH3 is 1. The molecule has 1 amide bonds. The number of aromatic nitrogens is 1. The Morgan fingerprint density at radius 3 is 2.69 bits per heavy atom. The normalized spacial score (nSPS) is 13.6. The van der Waals surface area contributed by atoms with Gasteiger partial charge in [0.15, 0.2) is 22.1 Å². The van der Waals surface area contributed by atoms with E-state index in [4.69, 9.17) is 9.47 Å². The number of carbonyl (C=O) groups is 2.